The van der Waals surface area contributed by atoms with Crippen LogP contribution in [0.4, 0.5) is 0 Å². The van der Waals surface area contributed by atoms with E-state index in [2.05, 4.69) is 268 Å². The van der Waals surface area contributed by atoms with Crippen LogP contribution in [0.2, 0.25) is 0 Å². The molecule has 0 heteroatoms. The Morgan fingerprint density at radius 1 is 0.250 bits per heavy atom. The lowest BCUT2D eigenvalue weighted by atomic mass is 9.64. The van der Waals surface area contributed by atoms with E-state index in [1.54, 1.807) is 0 Å². The third kappa shape index (κ3) is 4.60. The van der Waals surface area contributed by atoms with Crippen molar-refractivity contribution < 1.29 is 0 Å². The molecule has 0 aromatic heterocycles. The van der Waals surface area contributed by atoms with Crippen LogP contribution in [0.25, 0.3) is 72.3 Å². The van der Waals surface area contributed by atoms with Crippen molar-refractivity contribution in [2.24, 2.45) is 0 Å². The zero-order valence-corrected chi connectivity index (χ0v) is 42.0. The topological polar surface area (TPSA) is 0 Å². The average Bonchev–Trinajstić information content (AvgIpc) is 4.33. The molecular weight excluding hydrogens is 913 g/mol. The van der Waals surface area contributed by atoms with Gasteiger partial charge in [-0.25, -0.2) is 0 Å². The summed E-state index contributed by atoms with van der Waals surface area (Å²) in [6, 6.07) is 95.9. The smallest absolute Gasteiger partial charge is 0.0725 e. The maximum absolute atomic E-state index is 2.62. The molecule has 0 bridgehead atoms. The van der Waals surface area contributed by atoms with E-state index in [-0.39, 0.29) is 10.8 Å². The summed E-state index contributed by atoms with van der Waals surface area (Å²) in [6.07, 6.45) is 6.10. The van der Waals surface area contributed by atoms with Gasteiger partial charge in [-0.3, -0.25) is 0 Å². The van der Waals surface area contributed by atoms with Gasteiger partial charge >= 0.3 is 0 Å². The lowest BCUT2D eigenvalue weighted by molar-refractivity contribution is 0.545. The Bertz CT molecular complexity index is 4410. The van der Waals surface area contributed by atoms with Crippen LogP contribution in [0.5, 0.6) is 0 Å². The van der Waals surface area contributed by atoms with Crippen LogP contribution in [-0.2, 0) is 21.7 Å². The van der Waals surface area contributed by atoms with E-state index in [0.29, 0.717) is 0 Å². The van der Waals surface area contributed by atoms with Gasteiger partial charge in [0.2, 0.25) is 0 Å². The molecule has 7 aliphatic rings. The zero-order valence-electron chi connectivity index (χ0n) is 42.0. The fraction of sp³-hybridized carbons (Fsp3) is 0.0789. The quantitative estimate of drug-likeness (QED) is 0.162. The molecule has 0 heterocycles. The number of hydrogen-bond donors (Lipinski definition) is 0. The summed E-state index contributed by atoms with van der Waals surface area (Å²) in [5, 5.41) is 0. The standard InChI is InChI=1S/C76H48/c1-73-41-40-49(45-72(73)76(68-33-17-16-32-67(68)73)65-30-14-7-20-52(65)53-21-8-15-31-66(53)76)48-36-39-59-56-24-6-13-29-64(56)75(71(59)44-48)63-28-12-5-23-55(63)58-38-35-47(43-70(58)75)46-34-37-57-54-22-4-11-27-62(54)74(69(57)42-46)60-25-9-2-18-50(60)51-19-3-10-26-61(51)74/h2-40,42-45H,41H2,1H3. The first-order chi connectivity index (χ1) is 37.6. The molecule has 11 aromatic rings. The van der Waals surface area contributed by atoms with Gasteiger partial charge < -0.3 is 0 Å². The number of benzene rings is 11. The van der Waals surface area contributed by atoms with Crippen LogP contribution >= 0.6 is 0 Å². The second-order valence-corrected chi connectivity index (χ2v) is 22.6. The van der Waals surface area contributed by atoms with Gasteiger partial charge in [0.25, 0.3) is 0 Å². The van der Waals surface area contributed by atoms with Crippen molar-refractivity contribution in [2.45, 2.75) is 35.0 Å². The molecule has 0 N–H and O–H groups in total. The number of hydrogen-bond acceptors (Lipinski definition) is 0. The molecule has 11 aromatic carbocycles. The van der Waals surface area contributed by atoms with E-state index in [1.165, 1.54) is 150 Å². The van der Waals surface area contributed by atoms with Crippen molar-refractivity contribution in [3.8, 4) is 66.8 Å². The molecule has 0 amide bonds. The molecule has 352 valence electrons. The fourth-order valence-electron chi connectivity index (χ4n) is 16.8. The highest BCUT2D eigenvalue weighted by Gasteiger charge is 2.60. The molecule has 0 fully saturated rings. The Kier molecular flexibility index (Phi) is 7.70. The van der Waals surface area contributed by atoms with Crippen LogP contribution < -0.4 is 0 Å². The summed E-state index contributed by atoms with van der Waals surface area (Å²) in [7, 11) is 0. The zero-order chi connectivity index (χ0) is 49.7. The molecule has 18 rings (SSSR count). The van der Waals surface area contributed by atoms with E-state index in [1.807, 2.05) is 0 Å². The molecular formula is C76H48. The SMILES string of the molecule is CC12CC=C(c3ccc4c(c3)C3(c5ccccc5-4)c4ccccc4-c4ccc(-c5ccc6c(c5)C5(c7ccccc7-c7ccccc75)c5ccccc5-6)cc43)C=C1C1(c3ccccc3-c3ccccc31)c1ccccc12. The second-order valence-electron chi connectivity index (χ2n) is 22.6. The summed E-state index contributed by atoms with van der Waals surface area (Å²) in [6.45, 7) is 2.51. The van der Waals surface area contributed by atoms with Crippen molar-refractivity contribution >= 4 is 5.57 Å². The minimum atomic E-state index is -0.521. The van der Waals surface area contributed by atoms with Gasteiger partial charge in [-0.2, -0.15) is 0 Å². The maximum Gasteiger partial charge on any atom is 0.0725 e. The van der Waals surface area contributed by atoms with Crippen molar-refractivity contribution in [1.82, 2.24) is 0 Å². The van der Waals surface area contributed by atoms with Gasteiger partial charge in [0.1, 0.15) is 0 Å². The minimum absolute atomic E-state index is 0.164. The van der Waals surface area contributed by atoms with Crippen molar-refractivity contribution in [3.05, 3.63) is 339 Å². The summed E-state index contributed by atoms with van der Waals surface area (Å²) in [5.41, 5.74) is 35.0. The van der Waals surface area contributed by atoms with E-state index >= 15 is 0 Å². The average molecular weight is 961 g/mol. The first kappa shape index (κ1) is 41.3. The number of allylic oxidation sites excluding steroid dienone is 4. The van der Waals surface area contributed by atoms with Crippen LogP contribution in [0.15, 0.2) is 266 Å². The van der Waals surface area contributed by atoms with Crippen molar-refractivity contribution in [1.29, 1.82) is 0 Å². The van der Waals surface area contributed by atoms with E-state index in [4.69, 9.17) is 0 Å². The van der Waals surface area contributed by atoms with Crippen LogP contribution in [-0.4, -0.2) is 0 Å². The highest BCUT2D eigenvalue weighted by molar-refractivity contribution is 6.00. The van der Waals surface area contributed by atoms with E-state index in [0.717, 1.165) is 6.42 Å². The normalized spacial score (nSPS) is 19.5. The molecule has 2 unspecified atom stereocenters. The molecule has 0 saturated carbocycles. The molecule has 7 aliphatic carbocycles. The van der Waals surface area contributed by atoms with Gasteiger partial charge in [-0.1, -0.05) is 250 Å². The third-order valence-electron chi connectivity index (χ3n) is 19.7. The van der Waals surface area contributed by atoms with Crippen LogP contribution in [0, 0.1) is 0 Å². The van der Waals surface area contributed by atoms with Gasteiger partial charge in [0, 0.05) is 5.41 Å². The summed E-state index contributed by atoms with van der Waals surface area (Å²) in [4.78, 5) is 0. The number of fused-ring (bicyclic) bond motifs is 30. The van der Waals surface area contributed by atoms with E-state index < -0.39 is 10.8 Å². The van der Waals surface area contributed by atoms with Crippen molar-refractivity contribution in [3.63, 3.8) is 0 Å². The first-order valence-corrected chi connectivity index (χ1v) is 27.2. The van der Waals surface area contributed by atoms with E-state index in [9.17, 15) is 0 Å². The Morgan fingerprint density at radius 2 is 0.526 bits per heavy atom. The third-order valence-corrected chi connectivity index (χ3v) is 19.7. The molecule has 3 spiro atoms. The monoisotopic (exact) mass is 960 g/mol. The van der Waals surface area contributed by atoms with Gasteiger partial charge in [0.05, 0.1) is 16.2 Å². The molecule has 0 radical (unpaired) electrons. The predicted molar refractivity (Wildman–Crippen MR) is 311 cm³/mol. The Hall–Kier alpha value is -9.10. The molecule has 0 aliphatic heterocycles. The molecule has 2 atom stereocenters. The summed E-state index contributed by atoms with van der Waals surface area (Å²) < 4.78 is 0. The Morgan fingerprint density at radius 3 is 0.908 bits per heavy atom. The predicted octanol–water partition coefficient (Wildman–Crippen LogP) is 18.0. The summed E-state index contributed by atoms with van der Waals surface area (Å²) >= 11 is 0. The highest BCUT2D eigenvalue weighted by Crippen LogP contribution is 2.69. The largest absolute Gasteiger partial charge is 0.0755 e. The number of rotatable bonds is 2. The van der Waals surface area contributed by atoms with Crippen LogP contribution in [0.3, 0.4) is 0 Å². The van der Waals surface area contributed by atoms with Gasteiger partial charge in [0.15, 0.2) is 0 Å². The van der Waals surface area contributed by atoms with Crippen molar-refractivity contribution in [2.75, 3.05) is 0 Å². The molecule has 76 heavy (non-hydrogen) atoms. The lowest BCUT2D eigenvalue weighted by Crippen LogP contribution is -2.33. The molecule has 0 saturated heterocycles. The van der Waals surface area contributed by atoms with Gasteiger partial charge in [-0.15, -0.1) is 0 Å². The second kappa shape index (κ2) is 14.2. The Balaban J connectivity index is 0.841. The maximum atomic E-state index is 2.62. The fourth-order valence-corrected chi connectivity index (χ4v) is 16.8. The highest BCUT2D eigenvalue weighted by atomic mass is 14.6. The first-order valence-electron chi connectivity index (χ1n) is 27.2. The lowest BCUT2D eigenvalue weighted by Gasteiger charge is -2.38. The van der Waals surface area contributed by atoms with Crippen LogP contribution in [0.1, 0.15) is 85.7 Å². The molecule has 0 nitrogen and oxygen atoms in total. The minimum Gasteiger partial charge on any atom is -0.0755 e. The Labute approximate surface area is 443 Å². The summed E-state index contributed by atoms with van der Waals surface area (Å²) in [5.74, 6) is 0. The van der Waals surface area contributed by atoms with Gasteiger partial charge in [-0.05, 0) is 175 Å².